The van der Waals surface area contributed by atoms with Gasteiger partial charge >= 0.3 is 0 Å². The molecule has 1 aromatic carbocycles. The summed E-state index contributed by atoms with van der Waals surface area (Å²) in [5.74, 6) is 2.55. The van der Waals surface area contributed by atoms with Crippen LogP contribution in [0.5, 0.6) is 0 Å². The monoisotopic (exact) mass is 215 g/mol. The maximum Gasteiger partial charge on any atom is 0.201 e. The molecule has 0 unspecified atom stereocenters. The van der Waals surface area contributed by atoms with Crippen LogP contribution in [0.3, 0.4) is 0 Å². The van der Waals surface area contributed by atoms with Crippen LogP contribution in [0.15, 0.2) is 16.5 Å². The molecule has 2 aromatic rings. The zero-order valence-corrected chi connectivity index (χ0v) is 8.88. The van der Waals surface area contributed by atoms with Gasteiger partial charge in [0.25, 0.3) is 0 Å². The zero-order valence-electron chi connectivity index (χ0n) is 8.88. The van der Waals surface area contributed by atoms with E-state index in [4.69, 9.17) is 10.8 Å². The van der Waals surface area contributed by atoms with Crippen LogP contribution in [0.2, 0.25) is 0 Å². The molecule has 2 nitrogen and oxygen atoms in total. The summed E-state index contributed by atoms with van der Waals surface area (Å²) in [5, 5.41) is 0. The van der Waals surface area contributed by atoms with Gasteiger partial charge in [-0.2, -0.15) is 0 Å². The second-order valence-electron chi connectivity index (χ2n) is 4.52. The minimum absolute atomic E-state index is 0.0474. The first-order valence-corrected chi connectivity index (χ1v) is 5.19. The largest absolute Gasteiger partial charge is 0.440 e. The van der Waals surface area contributed by atoms with E-state index in [0.29, 0.717) is 17.0 Å². The van der Waals surface area contributed by atoms with E-state index in [1.165, 1.54) is 6.07 Å². The molecule has 1 aromatic heterocycles. The topological polar surface area (TPSA) is 26.0 Å². The Bertz CT molecular complexity index is 617. The van der Waals surface area contributed by atoms with Gasteiger partial charge in [0.05, 0.1) is 5.56 Å². The quantitative estimate of drug-likeness (QED) is 0.683. The van der Waals surface area contributed by atoms with E-state index in [0.717, 1.165) is 12.8 Å². The molecule has 0 spiro atoms. The average Bonchev–Trinajstić information content (AvgIpc) is 2.88. The Morgan fingerprint density at radius 3 is 2.88 bits per heavy atom. The molecule has 1 aliphatic rings. The molecule has 0 bridgehead atoms. The van der Waals surface area contributed by atoms with Crippen LogP contribution in [0.25, 0.3) is 11.1 Å². The number of nitrogens with zero attached hydrogens (tertiary/aromatic N) is 1. The van der Waals surface area contributed by atoms with E-state index < -0.39 is 5.82 Å². The second kappa shape index (κ2) is 2.85. The summed E-state index contributed by atoms with van der Waals surface area (Å²) in [6.45, 7) is 2.09. The Morgan fingerprint density at radius 1 is 1.50 bits per heavy atom. The van der Waals surface area contributed by atoms with Gasteiger partial charge in [-0.25, -0.2) is 9.37 Å². The fourth-order valence-corrected chi connectivity index (χ4v) is 1.72. The van der Waals surface area contributed by atoms with Crippen LogP contribution in [-0.4, -0.2) is 4.98 Å². The van der Waals surface area contributed by atoms with Crippen molar-refractivity contribution in [2.75, 3.05) is 0 Å². The van der Waals surface area contributed by atoms with Crippen LogP contribution in [0.1, 0.15) is 31.2 Å². The third kappa shape index (κ3) is 1.23. The summed E-state index contributed by atoms with van der Waals surface area (Å²) in [5.41, 5.74) is 1.39. The Balaban J connectivity index is 2.22. The molecular weight excluding hydrogens is 205 g/mol. The lowest BCUT2D eigenvalue weighted by Crippen LogP contribution is -1.98. The van der Waals surface area contributed by atoms with E-state index in [2.05, 4.69) is 17.8 Å². The van der Waals surface area contributed by atoms with Crippen molar-refractivity contribution in [3.05, 3.63) is 29.4 Å². The van der Waals surface area contributed by atoms with Crippen LogP contribution < -0.4 is 0 Å². The van der Waals surface area contributed by atoms with Gasteiger partial charge in [-0.15, -0.1) is 6.42 Å². The van der Waals surface area contributed by atoms with Crippen LogP contribution in [-0.2, 0) is 5.41 Å². The number of aromatic nitrogens is 1. The number of hydrogen-bond donors (Lipinski definition) is 0. The molecule has 0 atom stereocenters. The second-order valence-corrected chi connectivity index (χ2v) is 4.52. The van der Waals surface area contributed by atoms with Crippen LogP contribution >= 0.6 is 0 Å². The molecule has 1 aliphatic carbocycles. The molecule has 3 rings (SSSR count). The molecule has 0 saturated heterocycles. The first kappa shape index (κ1) is 9.41. The summed E-state index contributed by atoms with van der Waals surface area (Å²) in [6.07, 6.45) is 7.35. The van der Waals surface area contributed by atoms with Gasteiger partial charge in [0.1, 0.15) is 11.3 Å². The highest BCUT2D eigenvalue weighted by Crippen LogP contribution is 2.47. The molecule has 0 aliphatic heterocycles. The normalized spacial score (nSPS) is 17.3. The number of oxazole rings is 1. The van der Waals surface area contributed by atoms with Gasteiger partial charge < -0.3 is 4.42 Å². The highest BCUT2D eigenvalue weighted by molar-refractivity contribution is 5.75. The summed E-state index contributed by atoms with van der Waals surface area (Å²) >= 11 is 0. The predicted molar refractivity (Wildman–Crippen MR) is 58.5 cm³/mol. The number of halogens is 1. The molecule has 3 heteroatoms. The van der Waals surface area contributed by atoms with Crippen molar-refractivity contribution in [2.45, 2.75) is 25.2 Å². The number of rotatable bonds is 1. The van der Waals surface area contributed by atoms with Crippen molar-refractivity contribution in [3.8, 4) is 12.3 Å². The predicted octanol–water partition coefficient (Wildman–Crippen LogP) is 3.00. The Hall–Kier alpha value is -1.82. The van der Waals surface area contributed by atoms with Gasteiger partial charge in [0.15, 0.2) is 5.58 Å². The number of fused-ring (bicyclic) bond motifs is 1. The summed E-state index contributed by atoms with van der Waals surface area (Å²) in [6, 6.07) is 2.87. The van der Waals surface area contributed by atoms with E-state index in [1.54, 1.807) is 6.07 Å². The van der Waals surface area contributed by atoms with E-state index >= 15 is 0 Å². The highest BCUT2D eigenvalue weighted by Gasteiger charge is 2.43. The zero-order chi connectivity index (χ0) is 11.3. The molecule has 0 amide bonds. The SMILES string of the molecule is C#Cc1cc2nc(C3(C)CC3)oc2cc1F. The lowest BCUT2D eigenvalue weighted by Gasteiger charge is -1.98. The van der Waals surface area contributed by atoms with Crippen molar-refractivity contribution in [3.63, 3.8) is 0 Å². The lowest BCUT2D eigenvalue weighted by atomic mass is 10.1. The number of benzene rings is 1. The van der Waals surface area contributed by atoms with Gasteiger partial charge in [0, 0.05) is 11.5 Å². The Morgan fingerprint density at radius 2 is 2.25 bits per heavy atom. The molecule has 1 heterocycles. The third-order valence-corrected chi connectivity index (χ3v) is 3.15. The maximum absolute atomic E-state index is 13.4. The fraction of sp³-hybridized carbons (Fsp3) is 0.308. The van der Waals surface area contributed by atoms with Crippen molar-refractivity contribution < 1.29 is 8.81 Å². The first-order chi connectivity index (χ1) is 7.62. The highest BCUT2D eigenvalue weighted by atomic mass is 19.1. The summed E-state index contributed by atoms with van der Waals surface area (Å²) in [7, 11) is 0. The van der Waals surface area contributed by atoms with E-state index in [9.17, 15) is 4.39 Å². The van der Waals surface area contributed by atoms with Crippen LogP contribution in [0.4, 0.5) is 4.39 Å². The van der Waals surface area contributed by atoms with E-state index in [1.807, 2.05) is 0 Å². The van der Waals surface area contributed by atoms with Crippen LogP contribution in [0, 0.1) is 18.2 Å². The molecule has 0 radical (unpaired) electrons. The Kier molecular flexibility index (Phi) is 1.68. The van der Waals surface area contributed by atoms with Crippen molar-refractivity contribution in [2.24, 2.45) is 0 Å². The summed E-state index contributed by atoms with van der Waals surface area (Å²) < 4.78 is 19.0. The molecule has 0 N–H and O–H groups in total. The number of hydrogen-bond acceptors (Lipinski definition) is 2. The Labute approximate surface area is 92.5 Å². The van der Waals surface area contributed by atoms with Crippen molar-refractivity contribution in [1.29, 1.82) is 0 Å². The minimum atomic E-state index is -0.432. The maximum atomic E-state index is 13.4. The molecule has 16 heavy (non-hydrogen) atoms. The fourth-order valence-electron chi connectivity index (χ4n) is 1.72. The lowest BCUT2D eigenvalue weighted by molar-refractivity contribution is 0.475. The molecule has 1 fully saturated rings. The molecular formula is C13H10FNO. The van der Waals surface area contributed by atoms with Gasteiger partial charge in [-0.1, -0.05) is 12.8 Å². The third-order valence-electron chi connectivity index (χ3n) is 3.15. The standard InChI is InChI=1S/C13H10FNO/c1-3-8-6-10-11(7-9(8)14)16-12(15-10)13(2)4-5-13/h1,6-7H,4-5H2,2H3. The first-order valence-electron chi connectivity index (χ1n) is 5.19. The van der Waals surface area contributed by atoms with Crippen molar-refractivity contribution in [1.82, 2.24) is 4.98 Å². The van der Waals surface area contributed by atoms with Crippen molar-refractivity contribution >= 4 is 11.1 Å². The summed E-state index contributed by atoms with van der Waals surface area (Å²) in [4.78, 5) is 4.37. The average molecular weight is 215 g/mol. The number of terminal acetylenes is 1. The molecule has 1 saturated carbocycles. The van der Waals surface area contributed by atoms with E-state index in [-0.39, 0.29) is 11.0 Å². The minimum Gasteiger partial charge on any atom is -0.440 e. The smallest absolute Gasteiger partial charge is 0.201 e. The van der Waals surface area contributed by atoms with Gasteiger partial charge in [0.2, 0.25) is 5.89 Å². The molecule has 80 valence electrons. The van der Waals surface area contributed by atoms with Gasteiger partial charge in [-0.05, 0) is 18.9 Å². The van der Waals surface area contributed by atoms with Gasteiger partial charge in [-0.3, -0.25) is 0 Å².